The van der Waals surface area contributed by atoms with Crippen LogP contribution in [0.25, 0.3) is 0 Å². The molecule has 0 aliphatic carbocycles. The summed E-state index contributed by atoms with van der Waals surface area (Å²) < 4.78 is 0. The molecule has 0 aliphatic rings. The van der Waals surface area contributed by atoms with Gasteiger partial charge in [-0.2, -0.15) is 5.26 Å². The average molecular weight is 278 g/mol. The van der Waals surface area contributed by atoms with E-state index in [1.165, 1.54) is 0 Å². The van der Waals surface area contributed by atoms with Crippen molar-refractivity contribution < 1.29 is 5.11 Å². The number of hydrogen-bond acceptors (Lipinski definition) is 4. The van der Waals surface area contributed by atoms with Crippen LogP contribution in [0, 0.1) is 17.2 Å². The second kappa shape index (κ2) is 8.84. The third-order valence-electron chi connectivity index (χ3n) is 3.13. The molecule has 3 nitrogen and oxygen atoms in total. The number of hydrogen-bond donors (Lipinski definition) is 2. The summed E-state index contributed by atoms with van der Waals surface area (Å²) in [5.74, 6) is 1.40. The van der Waals surface area contributed by atoms with E-state index in [0.29, 0.717) is 5.92 Å². The van der Waals surface area contributed by atoms with E-state index in [1.807, 2.05) is 18.2 Å². The second-order valence-corrected chi connectivity index (χ2v) is 5.70. The standard InChI is InChI=1S/C15H22N2OS/c1-3-12(8-9-18)11-17-14-6-5-7-15(19-4-2)13(14)10-16/h5-7,12,17-18H,3-4,8-9,11H2,1-2H3. The van der Waals surface area contributed by atoms with Crippen LogP contribution in [-0.2, 0) is 0 Å². The van der Waals surface area contributed by atoms with Crippen LogP contribution in [0.15, 0.2) is 23.1 Å². The van der Waals surface area contributed by atoms with E-state index >= 15 is 0 Å². The molecule has 1 unspecified atom stereocenters. The maximum atomic E-state index is 9.31. The summed E-state index contributed by atoms with van der Waals surface area (Å²) in [6.07, 6.45) is 1.83. The van der Waals surface area contributed by atoms with Gasteiger partial charge in [-0.1, -0.05) is 26.3 Å². The van der Waals surface area contributed by atoms with Gasteiger partial charge in [0.25, 0.3) is 0 Å². The molecule has 2 N–H and O–H groups in total. The molecule has 0 bridgehead atoms. The topological polar surface area (TPSA) is 56.0 Å². The highest BCUT2D eigenvalue weighted by molar-refractivity contribution is 7.99. The van der Waals surface area contributed by atoms with Crippen LogP contribution in [0.4, 0.5) is 5.69 Å². The molecule has 1 rings (SSSR count). The Bertz CT molecular complexity index is 429. The Morgan fingerprint density at radius 1 is 1.42 bits per heavy atom. The van der Waals surface area contributed by atoms with Gasteiger partial charge in [-0.15, -0.1) is 11.8 Å². The first-order valence-electron chi connectivity index (χ1n) is 6.77. The molecule has 0 aromatic heterocycles. The van der Waals surface area contributed by atoms with Crippen molar-refractivity contribution >= 4 is 17.4 Å². The van der Waals surface area contributed by atoms with Crippen molar-refractivity contribution in [2.24, 2.45) is 5.92 Å². The Labute approximate surface area is 120 Å². The van der Waals surface area contributed by atoms with E-state index in [2.05, 4.69) is 25.2 Å². The van der Waals surface area contributed by atoms with E-state index in [9.17, 15) is 5.26 Å². The molecule has 0 saturated carbocycles. The minimum Gasteiger partial charge on any atom is -0.396 e. The lowest BCUT2D eigenvalue weighted by Gasteiger charge is -2.17. The molecule has 19 heavy (non-hydrogen) atoms. The molecule has 104 valence electrons. The largest absolute Gasteiger partial charge is 0.396 e. The minimum atomic E-state index is 0.219. The number of benzene rings is 1. The Hall–Kier alpha value is -1.18. The molecule has 0 amide bonds. The first kappa shape index (κ1) is 15.9. The predicted octanol–water partition coefficient (Wildman–Crippen LogP) is 3.49. The smallest absolute Gasteiger partial charge is 0.102 e. The van der Waals surface area contributed by atoms with Crippen molar-refractivity contribution in [1.29, 1.82) is 5.26 Å². The molecular formula is C15H22N2OS. The van der Waals surface area contributed by atoms with Gasteiger partial charge >= 0.3 is 0 Å². The Morgan fingerprint density at radius 3 is 2.79 bits per heavy atom. The first-order chi connectivity index (χ1) is 9.26. The molecule has 4 heteroatoms. The Kier molecular flexibility index (Phi) is 7.39. The van der Waals surface area contributed by atoms with Crippen molar-refractivity contribution in [1.82, 2.24) is 0 Å². The van der Waals surface area contributed by atoms with E-state index in [-0.39, 0.29) is 6.61 Å². The van der Waals surface area contributed by atoms with E-state index in [1.54, 1.807) is 11.8 Å². The van der Waals surface area contributed by atoms with Gasteiger partial charge in [-0.05, 0) is 30.2 Å². The molecule has 0 fully saturated rings. The molecular weight excluding hydrogens is 256 g/mol. The zero-order chi connectivity index (χ0) is 14.1. The number of rotatable bonds is 8. The van der Waals surface area contributed by atoms with Gasteiger partial charge in [0, 0.05) is 18.0 Å². The summed E-state index contributed by atoms with van der Waals surface area (Å²) in [6, 6.07) is 8.21. The number of anilines is 1. The molecule has 1 aromatic rings. The van der Waals surface area contributed by atoms with Crippen LogP contribution in [0.3, 0.4) is 0 Å². The van der Waals surface area contributed by atoms with Crippen molar-refractivity contribution in [3.05, 3.63) is 23.8 Å². The maximum absolute atomic E-state index is 9.31. The van der Waals surface area contributed by atoms with Crippen LogP contribution >= 0.6 is 11.8 Å². The molecule has 1 atom stereocenters. The lowest BCUT2D eigenvalue weighted by Crippen LogP contribution is -2.15. The van der Waals surface area contributed by atoms with Gasteiger partial charge in [0.1, 0.15) is 6.07 Å². The van der Waals surface area contributed by atoms with Crippen LogP contribution in [0.1, 0.15) is 32.3 Å². The fourth-order valence-corrected chi connectivity index (χ4v) is 2.74. The van der Waals surface area contributed by atoms with Crippen molar-refractivity contribution in [3.63, 3.8) is 0 Å². The van der Waals surface area contributed by atoms with Crippen molar-refractivity contribution in [2.45, 2.75) is 31.6 Å². The van der Waals surface area contributed by atoms with Crippen LogP contribution in [-0.4, -0.2) is 24.0 Å². The van der Waals surface area contributed by atoms with Gasteiger partial charge in [0.15, 0.2) is 0 Å². The van der Waals surface area contributed by atoms with Gasteiger partial charge in [0.05, 0.1) is 11.3 Å². The zero-order valence-electron chi connectivity index (χ0n) is 11.6. The fourth-order valence-electron chi connectivity index (χ4n) is 1.96. The average Bonchev–Trinajstić information content (AvgIpc) is 2.44. The van der Waals surface area contributed by atoms with E-state index in [4.69, 9.17) is 5.11 Å². The number of nitriles is 1. The number of aliphatic hydroxyl groups excluding tert-OH is 1. The van der Waals surface area contributed by atoms with Crippen LogP contribution < -0.4 is 5.32 Å². The molecule has 0 aliphatic heterocycles. The molecule has 0 spiro atoms. The zero-order valence-corrected chi connectivity index (χ0v) is 12.5. The van der Waals surface area contributed by atoms with E-state index < -0.39 is 0 Å². The van der Waals surface area contributed by atoms with Gasteiger partial charge in [-0.3, -0.25) is 0 Å². The number of nitrogens with zero attached hydrogens (tertiary/aromatic N) is 1. The van der Waals surface area contributed by atoms with Gasteiger partial charge in [-0.25, -0.2) is 0 Å². The fraction of sp³-hybridized carbons (Fsp3) is 0.533. The summed E-state index contributed by atoms with van der Waals surface area (Å²) in [5, 5.41) is 21.7. The molecule has 1 aromatic carbocycles. The van der Waals surface area contributed by atoms with Gasteiger partial charge in [0.2, 0.25) is 0 Å². The number of aliphatic hydroxyl groups is 1. The number of thioether (sulfide) groups is 1. The van der Waals surface area contributed by atoms with Crippen molar-refractivity contribution in [3.8, 4) is 6.07 Å². The predicted molar refractivity (Wildman–Crippen MR) is 81.5 cm³/mol. The lowest BCUT2D eigenvalue weighted by atomic mass is 10.0. The normalized spacial score (nSPS) is 11.9. The Morgan fingerprint density at radius 2 is 2.21 bits per heavy atom. The molecule has 0 radical (unpaired) electrons. The highest BCUT2D eigenvalue weighted by atomic mass is 32.2. The van der Waals surface area contributed by atoms with E-state index in [0.717, 1.165) is 41.3 Å². The van der Waals surface area contributed by atoms with Gasteiger partial charge < -0.3 is 10.4 Å². The van der Waals surface area contributed by atoms with Crippen molar-refractivity contribution in [2.75, 3.05) is 24.2 Å². The Balaban J connectivity index is 2.77. The quantitative estimate of drug-likeness (QED) is 0.715. The third kappa shape index (κ3) is 4.77. The molecule has 0 heterocycles. The highest BCUT2D eigenvalue weighted by Gasteiger charge is 2.10. The SMILES string of the molecule is CCSc1cccc(NCC(CC)CCO)c1C#N. The maximum Gasteiger partial charge on any atom is 0.102 e. The minimum absolute atomic E-state index is 0.219. The first-order valence-corrected chi connectivity index (χ1v) is 7.75. The summed E-state index contributed by atoms with van der Waals surface area (Å²) in [7, 11) is 0. The summed E-state index contributed by atoms with van der Waals surface area (Å²) in [4.78, 5) is 1.03. The third-order valence-corrected chi connectivity index (χ3v) is 4.07. The summed E-state index contributed by atoms with van der Waals surface area (Å²) >= 11 is 1.69. The molecule has 0 saturated heterocycles. The number of nitrogens with one attached hydrogen (secondary N) is 1. The monoisotopic (exact) mass is 278 g/mol. The van der Waals surface area contributed by atoms with Crippen LogP contribution in [0.5, 0.6) is 0 Å². The summed E-state index contributed by atoms with van der Waals surface area (Å²) in [6.45, 7) is 5.22. The summed E-state index contributed by atoms with van der Waals surface area (Å²) in [5.41, 5.74) is 1.63. The second-order valence-electron chi connectivity index (χ2n) is 4.39. The highest BCUT2D eigenvalue weighted by Crippen LogP contribution is 2.28. The van der Waals surface area contributed by atoms with Crippen LogP contribution in [0.2, 0.25) is 0 Å². The lowest BCUT2D eigenvalue weighted by molar-refractivity contribution is 0.258.